The minimum Gasteiger partial charge on any atom is -0.338 e. The molecule has 1 unspecified atom stereocenters. The number of nitrogens with two attached hydrogens (primary N) is 1. The van der Waals surface area contributed by atoms with Crippen molar-refractivity contribution in [2.75, 3.05) is 5.75 Å². The third-order valence-corrected chi connectivity index (χ3v) is 3.20. The highest BCUT2D eigenvalue weighted by atomic mass is 32.2. The van der Waals surface area contributed by atoms with Crippen LogP contribution in [-0.4, -0.2) is 21.9 Å². The Morgan fingerprint density at radius 3 is 2.73 bits per heavy atom. The second-order valence-corrected chi connectivity index (χ2v) is 4.91. The monoisotopic (exact) mass is 229 g/mol. The van der Waals surface area contributed by atoms with Gasteiger partial charge in [-0.25, -0.2) is 0 Å². The Kier molecular flexibility index (Phi) is 5.11. The molecule has 1 aromatic heterocycles. The normalized spacial score (nSPS) is 13.4. The maximum absolute atomic E-state index is 5.80. The van der Waals surface area contributed by atoms with Crippen LogP contribution in [0.4, 0.5) is 0 Å². The molecule has 0 amide bonds. The van der Waals surface area contributed by atoms with Crippen LogP contribution < -0.4 is 5.73 Å². The summed E-state index contributed by atoms with van der Waals surface area (Å²) in [5.74, 6) is 3.51. The van der Waals surface area contributed by atoms with Crippen LogP contribution in [0, 0.1) is 0 Å². The molecule has 1 heterocycles. The number of rotatable bonds is 6. The Hall–Kier alpha value is -0.550. The quantitative estimate of drug-likeness (QED) is 0.809. The second-order valence-electron chi connectivity index (χ2n) is 3.88. The summed E-state index contributed by atoms with van der Waals surface area (Å²) in [5.41, 5.74) is 5.80. The molecule has 4 nitrogen and oxygen atoms in total. The fraction of sp³-hybridized carbons (Fsp3) is 0.800. The van der Waals surface area contributed by atoms with Crippen molar-refractivity contribution in [1.29, 1.82) is 0 Å². The van der Waals surface area contributed by atoms with Crippen molar-refractivity contribution in [3.8, 4) is 0 Å². The van der Waals surface area contributed by atoms with Crippen LogP contribution in [0.2, 0.25) is 0 Å². The van der Waals surface area contributed by atoms with Gasteiger partial charge in [-0.05, 0) is 6.42 Å². The first-order chi connectivity index (χ1) is 7.13. The van der Waals surface area contributed by atoms with Gasteiger partial charge in [-0.2, -0.15) is 16.7 Å². The zero-order valence-corrected chi connectivity index (χ0v) is 10.4. The van der Waals surface area contributed by atoms with E-state index >= 15 is 0 Å². The number of thioether (sulfide) groups is 1. The van der Waals surface area contributed by atoms with Crippen molar-refractivity contribution in [3.05, 3.63) is 11.7 Å². The topological polar surface area (TPSA) is 64.9 Å². The van der Waals surface area contributed by atoms with Gasteiger partial charge in [-0.15, -0.1) is 0 Å². The third kappa shape index (κ3) is 4.22. The van der Waals surface area contributed by atoms with Gasteiger partial charge in [0.1, 0.15) is 0 Å². The van der Waals surface area contributed by atoms with Gasteiger partial charge in [0.05, 0.1) is 5.75 Å². The van der Waals surface area contributed by atoms with Crippen LogP contribution in [0.5, 0.6) is 0 Å². The Morgan fingerprint density at radius 1 is 1.47 bits per heavy atom. The van der Waals surface area contributed by atoms with Gasteiger partial charge in [0, 0.05) is 17.7 Å². The Balaban J connectivity index is 2.31. The van der Waals surface area contributed by atoms with E-state index < -0.39 is 0 Å². The molecule has 0 aliphatic rings. The Labute approximate surface area is 95.0 Å². The van der Waals surface area contributed by atoms with Crippen molar-refractivity contribution in [2.45, 2.75) is 44.9 Å². The molecule has 0 spiro atoms. The molecule has 0 saturated carbocycles. The lowest BCUT2D eigenvalue weighted by Gasteiger charge is -2.05. The summed E-state index contributed by atoms with van der Waals surface area (Å²) >= 11 is 1.74. The summed E-state index contributed by atoms with van der Waals surface area (Å²) in [6, 6.07) is 0.266. The standard InChI is InChI=1S/C10H19N3OS/c1-4-8(11)5-15-6-9-12-10(7(2)3)13-14-9/h7-8H,4-6,11H2,1-3H3. The van der Waals surface area contributed by atoms with E-state index in [-0.39, 0.29) is 6.04 Å². The van der Waals surface area contributed by atoms with E-state index in [0.29, 0.717) is 11.8 Å². The highest BCUT2D eigenvalue weighted by Gasteiger charge is 2.09. The largest absolute Gasteiger partial charge is 0.338 e. The van der Waals surface area contributed by atoms with E-state index in [4.69, 9.17) is 10.3 Å². The lowest BCUT2D eigenvalue weighted by atomic mass is 10.2. The van der Waals surface area contributed by atoms with Crippen LogP contribution >= 0.6 is 11.8 Å². The first kappa shape index (κ1) is 12.5. The van der Waals surface area contributed by atoms with Crippen molar-refractivity contribution < 1.29 is 4.52 Å². The highest BCUT2D eigenvalue weighted by molar-refractivity contribution is 7.98. The molecule has 1 atom stereocenters. The van der Waals surface area contributed by atoms with E-state index in [9.17, 15) is 0 Å². The summed E-state index contributed by atoms with van der Waals surface area (Å²) < 4.78 is 5.12. The second kappa shape index (κ2) is 6.12. The summed E-state index contributed by atoms with van der Waals surface area (Å²) in [5, 5.41) is 3.90. The maximum Gasteiger partial charge on any atom is 0.236 e. The number of nitrogens with zero attached hydrogens (tertiary/aromatic N) is 2. The first-order valence-corrected chi connectivity index (χ1v) is 6.44. The Morgan fingerprint density at radius 2 is 2.20 bits per heavy atom. The molecule has 1 rings (SSSR count). The summed E-state index contributed by atoms with van der Waals surface area (Å²) in [6.07, 6.45) is 1.01. The minimum atomic E-state index is 0.266. The minimum absolute atomic E-state index is 0.266. The molecule has 15 heavy (non-hydrogen) atoms. The summed E-state index contributed by atoms with van der Waals surface area (Å²) in [6.45, 7) is 6.19. The van der Waals surface area contributed by atoms with E-state index in [1.807, 2.05) is 0 Å². The Bertz CT molecular complexity index is 288. The van der Waals surface area contributed by atoms with Crippen LogP contribution in [0.25, 0.3) is 0 Å². The maximum atomic E-state index is 5.80. The van der Waals surface area contributed by atoms with Crippen molar-refractivity contribution >= 4 is 11.8 Å². The molecule has 1 aromatic rings. The predicted octanol–water partition coefficient (Wildman–Crippen LogP) is 2.16. The molecule has 86 valence electrons. The highest BCUT2D eigenvalue weighted by Crippen LogP contribution is 2.15. The zero-order chi connectivity index (χ0) is 11.3. The average molecular weight is 229 g/mol. The molecular formula is C10H19N3OS. The van der Waals surface area contributed by atoms with E-state index in [2.05, 4.69) is 30.9 Å². The van der Waals surface area contributed by atoms with Gasteiger partial charge in [0.25, 0.3) is 0 Å². The molecule has 0 fully saturated rings. The predicted molar refractivity (Wildman–Crippen MR) is 62.8 cm³/mol. The van der Waals surface area contributed by atoms with E-state index in [1.54, 1.807) is 11.8 Å². The van der Waals surface area contributed by atoms with Gasteiger partial charge < -0.3 is 10.3 Å². The SMILES string of the molecule is CCC(N)CSCc1nc(C(C)C)no1. The van der Waals surface area contributed by atoms with Gasteiger partial charge >= 0.3 is 0 Å². The number of hydrogen-bond donors (Lipinski definition) is 1. The van der Waals surface area contributed by atoms with Crippen LogP contribution in [0.3, 0.4) is 0 Å². The van der Waals surface area contributed by atoms with Crippen LogP contribution in [0.15, 0.2) is 4.52 Å². The lowest BCUT2D eigenvalue weighted by molar-refractivity contribution is 0.383. The number of hydrogen-bond acceptors (Lipinski definition) is 5. The van der Waals surface area contributed by atoms with Crippen LogP contribution in [0.1, 0.15) is 44.8 Å². The number of aromatic nitrogens is 2. The molecule has 0 aliphatic heterocycles. The molecule has 0 radical (unpaired) electrons. The van der Waals surface area contributed by atoms with Crippen molar-refractivity contribution in [2.24, 2.45) is 5.73 Å². The van der Waals surface area contributed by atoms with Gasteiger partial charge in [-0.1, -0.05) is 25.9 Å². The molecular weight excluding hydrogens is 210 g/mol. The molecule has 5 heteroatoms. The van der Waals surface area contributed by atoms with Gasteiger partial charge in [0.15, 0.2) is 5.82 Å². The fourth-order valence-electron chi connectivity index (χ4n) is 0.977. The van der Waals surface area contributed by atoms with Crippen molar-refractivity contribution in [1.82, 2.24) is 10.1 Å². The van der Waals surface area contributed by atoms with Gasteiger partial charge in [0.2, 0.25) is 5.89 Å². The van der Waals surface area contributed by atoms with Crippen molar-refractivity contribution in [3.63, 3.8) is 0 Å². The molecule has 0 aliphatic carbocycles. The molecule has 0 aromatic carbocycles. The van der Waals surface area contributed by atoms with Gasteiger partial charge in [-0.3, -0.25) is 0 Å². The first-order valence-electron chi connectivity index (χ1n) is 5.29. The third-order valence-electron chi connectivity index (χ3n) is 2.08. The molecule has 2 N–H and O–H groups in total. The summed E-state index contributed by atoms with van der Waals surface area (Å²) in [7, 11) is 0. The summed E-state index contributed by atoms with van der Waals surface area (Å²) in [4.78, 5) is 4.29. The lowest BCUT2D eigenvalue weighted by Crippen LogP contribution is -2.21. The smallest absolute Gasteiger partial charge is 0.236 e. The molecule has 0 saturated heterocycles. The molecule has 0 bridgehead atoms. The van der Waals surface area contributed by atoms with E-state index in [1.165, 1.54) is 0 Å². The van der Waals surface area contributed by atoms with Crippen LogP contribution in [-0.2, 0) is 5.75 Å². The average Bonchev–Trinajstić information content (AvgIpc) is 2.66. The zero-order valence-electron chi connectivity index (χ0n) is 9.56. The fourth-order valence-corrected chi connectivity index (χ4v) is 1.92. The van der Waals surface area contributed by atoms with E-state index in [0.717, 1.165) is 23.8 Å².